The van der Waals surface area contributed by atoms with Crippen LogP contribution in [0.15, 0.2) is 18.2 Å². The van der Waals surface area contributed by atoms with E-state index in [2.05, 4.69) is 43.1 Å². The molecular weight excluding hydrogens is 250 g/mol. The van der Waals surface area contributed by atoms with Gasteiger partial charge in [0.05, 0.1) is 7.11 Å². The van der Waals surface area contributed by atoms with E-state index in [0.29, 0.717) is 6.04 Å². The van der Waals surface area contributed by atoms with Gasteiger partial charge in [0.2, 0.25) is 0 Å². The molecule has 4 heteroatoms. The average molecular weight is 277 g/mol. The van der Waals surface area contributed by atoms with Gasteiger partial charge in [-0.2, -0.15) is 0 Å². The fourth-order valence-electron chi connectivity index (χ4n) is 2.96. The molecule has 0 saturated heterocycles. The molecule has 0 spiro atoms. The zero-order chi connectivity index (χ0) is 14.7. The van der Waals surface area contributed by atoms with Gasteiger partial charge in [-0.3, -0.25) is 0 Å². The number of hydrogen-bond acceptors (Lipinski definition) is 4. The van der Waals surface area contributed by atoms with Crippen molar-refractivity contribution < 1.29 is 4.74 Å². The Labute approximate surface area is 122 Å². The van der Waals surface area contributed by atoms with Crippen LogP contribution in [0.5, 0.6) is 5.75 Å². The number of aryl methyl sites for hydroxylation is 1. The number of hydrogen-bond donors (Lipinski definition) is 1. The van der Waals surface area contributed by atoms with Crippen LogP contribution in [0.2, 0.25) is 0 Å². The van der Waals surface area contributed by atoms with Gasteiger partial charge >= 0.3 is 0 Å². The molecule has 0 heterocycles. The van der Waals surface area contributed by atoms with Crippen molar-refractivity contribution >= 4 is 0 Å². The molecule has 0 saturated carbocycles. The van der Waals surface area contributed by atoms with Crippen LogP contribution in [-0.4, -0.2) is 57.2 Å². The fraction of sp³-hybridized carbons (Fsp3) is 0.625. The maximum Gasteiger partial charge on any atom is 0.119 e. The Kier molecular flexibility index (Phi) is 5.02. The Morgan fingerprint density at radius 3 is 2.65 bits per heavy atom. The topological polar surface area (TPSA) is 41.7 Å². The van der Waals surface area contributed by atoms with Crippen molar-refractivity contribution in [1.29, 1.82) is 0 Å². The van der Waals surface area contributed by atoms with Crippen molar-refractivity contribution in [2.45, 2.75) is 24.9 Å². The zero-order valence-electron chi connectivity index (χ0n) is 13.1. The van der Waals surface area contributed by atoms with Gasteiger partial charge in [-0.25, -0.2) is 0 Å². The summed E-state index contributed by atoms with van der Waals surface area (Å²) in [6.07, 6.45) is 2.20. The van der Waals surface area contributed by atoms with Gasteiger partial charge < -0.3 is 20.3 Å². The van der Waals surface area contributed by atoms with E-state index in [1.165, 1.54) is 11.1 Å². The third-order valence-corrected chi connectivity index (χ3v) is 4.30. The first-order valence-corrected chi connectivity index (χ1v) is 7.30. The molecule has 2 atom stereocenters. The van der Waals surface area contributed by atoms with E-state index in [4.69, 9.17) is 10.5 Å². The smallest absolute Gasteiger partial charge is 0.119 e. The Balaban J connectivity index is 2.09. The molecule has 0 aliphatic heterocycles. The molecule has 1 aliphatic rings. The average Bonchev–Trinajstić information content (AvgIpc) is 2.44. The lowest BCUT2D eigenvalue weighted by Gasteiger charge is -2.38. The molecule has 1 aromatic carbocycles. The Hall–Kier alpha value is -1.10. The minimum atomic E-state index is 0.0943. The SMILES string of the molecule is COc1ccc2c(c1)CCC(N(C)CCN(C)C)C2N. The third-order valence-electron chi connectivity index (χ3n) is 4.30. The maximum absolute atomic E-state index is 6.49. The van der Waals surface area contributed by atoms with Crippen LogP contribution < -0.4 is 10.5 Å². The van der Waals surface area contributed by atoms with E-state index in [1.807, 2.05) is 6.07 Å². The van der Waals surface area contributed by atoms with Crippen molar-refractivity contribution in [3.05, 3.63) is 29.3 Å². The number of methoxy groups -OCH3 is 1. The summed E-state index contributed by atoms with van der Waals surface area (Å²) in [5.41, 5.74) is 9.11. The Bertz CT molecular complexity index is 447. The molecule has 0 radical (unpaired) electrons. The summed E-state index contributed by atoms with van der Waals surface area (Å²) >= 11 is 0. The first-order valence-electron chi connectivity index (χ1n) is 7.30. The first-order chi connectivity index (χ1) is 9.52. The van der Waals surface area contributed by atoms with Crippen LogP contribution >= 0.6 is 0 Å². The van der Waals surface area contributed by atoms with E-state index in [1.54, 1.807) is 7.11 Å². The number of benzene rings is 1. The summed E-state index contributed by atoms with van der Waals surface area (Å²) < 4.78 is 5.30. The lowest BCUT2D eigenvalue weighted by Crippen LogP contribution is -2.45. The predicted molar refractivity (Wildman–Crippen MR) is 83.2 cm³/mol. The largest absolute Gasteiger partial charge is 0.497 e. The fourth-order valence-corrected chi connectivity index (χ4v) is 2.96. The van der Waals surface area contributed by atoms with Crippen LogP contribution in [-0.2, 0) is 6.42 Å². The van der Waals surface area contributed by atoms with Gasteiger partial charge in [-0.05, 0) is 57.2 Å². The standard InChI is InChI=1S/C16H27N3O/c1-18(2)9-10-19(3)15-8-5-12-11-13(20-4)6-7-14(12)16(15)17/h6-7,11,15-16H,5,8-10,17H2,1-4H3. The highest BCUT2D eigenvalue weighted by molar-refractivity contribution is 5.40. The predicted octanol–water partition coefficient (Wildman–Crippen LogP) is 1.50. The van der Waals surface area contributed by atoms with E-state index in [0.717, 1.165) is 31.7 Å². The molecule has 1 aromatic rings. The van der Waals surface area contributed by atoms with E-state index < -0.39 is 0 Å². The molecule has 1 aliphatic carbocycles. The van der Waals surface area contributed by atoms with E-state index in [9.17, 15) is 0 Å². The molecule has 0 fully saturated rings. The summed E-state index contributed by atoms with van der Waals surface area (Å²) in [5, 5.41) is 0. The highest BCUT2D eigenvalue weighted by Gasteiger charge is 2.29. The molecule has 0 amide bonds. The summed E-state index contributed by atoms with van der Waals surface area (Å²) in [5.74, 6) is 0.926. The first kappa shape index (κ1) is 15.3. The maximum atomic E-state index is 6.49. The molecule has 20 heavy (non-hydrogen) atoms. The number of fused-ring (bicyclic) bond motifs is 1. The van der Waals surface area contributed by atoms with Crippen LogP contribution in [0.3, 0.4) is 0 Å². The summed E-state index contributed by atoms with van der Waals surface area (Å²) in [4.78, 5) is 4.61. The second kappa shape index (κ2) is 6.57. The van der Waals surface area contributed by atoms with Gasteiger partial charge in [0.25, 0.3) is 0 Å². The summed E-state index contributed by atoms with van der Waals surface area (Å²) in [6, 6.07) is 6.80. The highest BCUT2D eigenvalue weighted by atomic mass is 16.5. The second-order valence-corrected chi connectivity index (χ2v) is 5.98. The van der Waals surface area contributed by atoms with Gasteiger partial charge in [-0.15, -0.1) is 0 Å². The lowest BCUT2D eigenvalue weighted by molar-refractivity contribution is 0.176. The molecule has 2 unspecified atom stereocenters. The monoisotopic (exact) mass is 277 g/mol. The molecule has 2 rings (SSSR count). The minimum Gasteiger partial charge on any atom is -0.497 e. The summed E-state index contributed by atoms with van der Waals surface area (Å²) in [7, 11) is 8.11. The molecule has 2 N–H and O–H groups in total. The molecule has 112 valence electrons. The van der Waals surface area contributed by atoms with Gasteiger partial charge in [0, 0.05) is 25.2 Å². The van der Waals surface area contributed by atoms with Crippen molar-refractivity contribution in [3.8, 4) is 5.75 Å². The van der Waals surface area contributed by atoms with Crippen LogP contribution in [0, 0.1) is 0 Å². The molecule has 4 nitrogen and oxygen atoms in total. The second-order valence-electron chi connectivity index (χ2n) is 5.98. The molecule has 0 bridgehead atoms. The molecular formula is C16H27N3O. The molecule has 0 aromatic heterocycles. The third kappa shape index (κ3) is 3.32. The highest BCUT2D eigenvalue weighted by Crippen LogP contribution is 2.33. The van der Waals surface area contributed by atoms with Crippen molar-refractivity contribution in [2.24, 2.45) is 5.73 Å². The minimum absolute atomic E-state index is 0.0943. The van der Waals surface area contributed by atoms with E-state index >= 15 is 0 Å². The lowest BCUT2D eigenvalue weighted by atomic mass is 9.83. The Morgan fingerprint density at radius 1 is 1.25 bits per heavy atom. The quantitative estimate of drug-likeness (QED) is 0.886. The van der Waals surface area contributed by atoms with Crippen LogP contribution in [0.1, 0.15) is 23.6 Å². The van der Waals surface area contributed by atoms with Crippen LogP contribution in [0.25, 0.3) is 0 Å². The van der Waals surface area contributed by atoms with Gasteiger partial charge in [-0.1, -0.05) is 6.07 Å². The van der Waals surface area contributed by atoms with Crippen molar-refractivity contribution in [2.75, 3.05) is 41.3 Å². The number of nitrogens with two attached hydrogens (primary N) is 1. The van der Waals surface area contributed by atoms with Crippen molar-refractivity contribution in [3.63, 3.8) is 0 Å². The van der Waals surface area contributed by atoms with Gasteiger partial charge in [0.15, 0.2) is 0 Å². The zero-order valence-corrected chi connectivity index (χ0v) is 13.1. The van der Waals surface area contributed by atoms with E-state index in [-0.39, 0.29) is 6.04 Å². The number of likely N-dealkylation sites (N-methyl/N-ethyl adjacent to an activating group) is 2. The van der Waals surface area contributed by atoms with Crippen LogP contribution in [0.4, 0.5) is 0 Å². The van der Waals surface area contributed by atoms with Gasteiger partial charge in [0.1, 0.15) is 5.75 Å². The van der Waals surface area contributed by atoms with Crippen molar-refractivity contribution in [1.82, 2.24) is 9.80 Å². The number of rotatable bonds is 5. The summed E-state index contributed by atoms with van der Waals surface area (Å²) in [6.45, 7) is 2.12. The number of ether oxygens (including phenoxy) is 1. The normalized spacial score (nSPS) is 22.1. The number of nitrogens with zero attached hydrogens (tertiary/aromatic N) is 2. The Morgan fingerprint density at radius 2 is 2.00 bits per heavy atom.